The molecule has 4 aliphatic rings. The molecule has 3 heterocycles. The van der Waals surface area contributed by atoms with Crippen LogP contribution < -0.4 is 4.90 Å². The Morgan fingerprint density at radius 3 is 2.39 bits per heavy atom. The Kier molecular flexibility index (Phi) is 5.21. The van der Waals surface area contributed by atoms with E-state index in [4.69, 9.17) is 9.47 Å². The summed E-state index contributed by atoms with van der Waals surface area (Å²) >= 11 is 0. The third-order valence-corrected chi connectivity index (χ3v) is 8.15. The average Bonchev–Trinajstić information content (AvgIpc) is 3.52. The van der Waals surface area contributed by atoms with Gasteiger partial charge in [-0.2, -0.15) is 0 Å². The van der Waals surface area contributed by atoms with E-state index in [1.54, 1.807) is 21.9 Å². The van der Waals surface area contributed by atoms with E-state index in [0.717, 1.165) is 11.3 Å². The van der Waals surface area contributed by atoms with Gasteiger partial charge in [0, 0.05) is 56.0 Å². The minimum atomic E-state index is -0.861. The van der Waals surface area contributed by atoms with Crippen molar-refractivity contribution in [1.82, 2.24) is 9.80 Å². The molecule has 2 amide bonds. The van der Waals surface area contributed by atoms with Crippen LogP contribution in [0.4, 0.5) is 14.9 Å². The summed E-state index contributed by atoms with van der Waals surface area (Å²) in [5.41, 5.74) is 0.876. The number of likely N-dealkylation sites (tertiary alicyclic amines) is 1. The number of fused-ring (bicyclic) bond motifs is 2. The lowest BCUT2D eigenvalue weighted by molar-refractivity contribution is -0.134. The van der Waals surface area contributed by atoms with E-state index in [2.05, 4.69) is 0 Å². The second-order valence-electron chi connectivity index (χ2n) is 10.1. The van der Waals surface area contributed by atoms with Crippen LogP contribution in [0, 0.1) is 5.82 Å². The molecule has 0 unspecified atom stereocenters. The number of anilines is 1. The van der Waals surface area contributed by atoms with Crippen molar-refractivity contribution in [1.29, 1.82) is 0 Å². The van der Waals surface area contributed by atoms with Gasteiger partial charge in [-0.15, -0.1) is 0 Å². The fraction of sp³-hybridized carbons (Fsp3) is 0.444. The Bertz CT molecular complexity index is 1250. The van der Waals surface area contributed by atoms with E-state index in [1.807, 2.05) is 29.2 Å². The van der Waals surface area contributed by atoms with Gasteiger partial charge in [0.2, 0.25) is 5.91 Å². The Balaban J connectivity index is 1.18. The minimum absolute atomic E-state index is 0.0989. The van der Waals surface area contributed by atoms with Crippen molar-refractivity contribution in [3.8, 4) is 0 Å². The van der Waals surface area contributed by atoms with Crippen molar-refractivity contribution in [2.45, 2.75) is 30.3 Å². The summed E-state index contributed by atoms with van der Waals surface area (Å²) in [6.45, 7) is 2.92. The molecule has 1 spiro atoms. The SMILES string of the molecule is COC(=O)N1CCN(c2ccc(C3(C(=O)N4CC[C@@]5(C4)OC(=O)c4ccccc45)CC3)c(F)c2)CC1. The summed E-state index contributed by atoms with van der Waals surface area (Å²) in [4.78, 5) is 43.2. The van der Waals surface area contributed by atoms with Gasteiger partial charge in [0.15, 0.2) is 5.60 Å². The Labute approximate surface area is 208 Å². The van der Waals surface area contributed by atoms with Crippen LogP contribution in [0.25, 0.3) is 0 Å². The zero-order chi connectivity index (χ0) is 25.1. The summed E-state index contributed by atoms with van der Waals surface area (Å²) in [5, 5.41) is 0. The summed E-state index contributed by atoms with van der Waals surface area (Å²) in [6.07, 6.45) is 1.38. The molecule has 2 saturated heterocycles. The van der Waals surface area contributed by atoms with E-state index in [0.29, 0.717) is 69.7 Å². The molecule has 3 aliphatic heterocycles. The summed E-state index contributed by atoms with van der Waals surface area (Å²) in [7, 11) is 1.36. The Morgan fingerprint density at radius 1 is 0.944 bits per heavy atom. The average molecular weight is 494 g/mol. The van der Waals surface area contributed by atoms with Crippen LogP contribution in [0.3, 0.4) is 0 Å². The van der Waals surface area contributed by atoms with E-state index < -0.39 is 11.0 Å². The van der Waals surface area contributed by atoms with E-state index in [-0.39, 0.29) is 23.8 Å². The number of ether oxygens (including phenoxy) is 2. The van der Waals surface area contributed by atoms with Gasteiger partial charge in [0.1, 0.15) is 5.82 Å². The first-order chi connectivity index (χ1) is 17.4. The zero-order valence-corrected chi connectivity index (χ0v) is 20.2. The highest BCUT2D eigenvalue weighted by Gasteiger charge is 2.58. The maximum absolute atomic E-state index is 15.4. The van der Waals surface area contributed by atoms with Crippen LogP contribution in [-0.2, 0) is 25.3 Å². The molecular weight excluding hydrogens is 465 g/mol. The van der Waals surface area contributed by atoms with E-state index in [9.17, 15) is 14.4 Å². The number of nitrogens with zero attached hydrogens (tertiary/aromatic N) is 3. The molecule has 36 heavy (non-hydrogen) atoms. The number of piperazine rings is 1. The predicted molar refractivity (Wildman–Crippen MR) is 128 cm³/mol. The third kappa shape index (κ3) is 3.43. The molecular formula is C27H28FN3O5. The molecule has 0 radical (unpaired) electrons. The molecule has 1 saturated carbocycles. The fourth-order valence-corrected chi connectivity index (χ4v) is 6.00. The van der Waals surface area contributed by atoms with Gasteiger partial charge in [0.05, 0.1) is 24.6 Å². The second-order valence-corrected chi connectivity index (χ2v) is 10.1. The smallest absolute Gasteiger partial charge is 0.409 e. The lowest BCUT2D eigenvalue weighted by atomic mass is 9.91. The van der Waals surface area contributed by atoms with Gasteiger partial charge in [0.25, 0.3) is 0 Å². The quantitative estimate of drug-likeness (QED) is 0.612. The Morgan fingerprint density at radius 2 is 1.69 bits per heavy atom. The minimum Gasteiger partial charge on any atom is -0.453 e. The normalized spacial score (nSPS) is 24.1. The monoisotopic (exact) mass is 493 g/mol. The summed E-state index contributed by atoms with van der Waals surface area (Å²) < 4.78 is 26.0. The van der Waals surface area contributed by atoms with Crippen LogP contribution in [0.1, 0.15) is 40.7 Å². The van der Waals surface area contributed by atoms with Gasteiger partial charge in [-0.05, 0) is 31.0 Å². The van der Waals surface area contributed by atoms with Gasteiger partial charge in [-0.3, -0.25) is 4.79 Å². The summed E-state index contributed by atoms with van der Waals surface area (Å²) in [6, 6.07) is 12.4. The molecule has 2 aromatic carbocycles. The van der Waals surface area contributed by atoms with Gasteiger partial charge in [-0.25, -0.2) is 14.0 Å². The molecule has 0 N–H and O–H groups in total. The number of hydrogen-bond acceptors (Lipinski definition) is 6. The Hall–Kier alpha value is -3.62. The number of carbonyl (C=O) groups excluding carboxylic acids is 3. The first-order valence-electron chi connectivity index (χ1n) is 12.4. The number of carbonyl (C=O) groups is 3. The summed E-state index contributed by atoms with van der Waals surface area (Å²) in [5.74, 6) is -0.839. The van der Waals surface area contributed by atoms with E-state index >= 15 is 4.39 Å². The number of methoxy groups -OCH3 is 1. The van der Waals surface area contributed by atoms with Crippen molar-refractivity contribution in [3.05, 3.63) is 65.0 Å². The molecule has 1 atom stereocenters. The third-order valence-electron chi connectivity index (χ3n) is 8.15. The topological polar surface area (TPSA) is 79.4 Å². The molecule has 3 fully saturated rings. The van der Waals surface area contributed by atoms with Gasteiger partial charge < -0.3 is 24.2 Å². The molecule has 188 valence electrons. The number of amides is 2. The van der Waals surface area contributed by atoms with Crippen molar-refractivity contribution in [3.63, 3.8) is 0 Å². The van der Waals surface area contributed by atoms with Crippen LogP contribution in [0.15, 0.2) is 42.5 Å². The van der Waals surface area contributed by atoms with Gasteiger partial charge in [-0.1, -0.05) is 24.3 Å². The van der Waals surface area contributed by atoms with Gasteiger partial charge >= 0.3 is 12.1 Å². The molecule has 0 aromatic heterocycles. The molecule has 8 nitrogen and oxygen atoms in total. The molecule has 0 bridgehead atoms. The first kappa shape index (κ1) is 22.8. The molecule has 6 rings (SSSR count). The first-order valence-corrected chi connectivity index (χ1v) is 12.4. The second kappa shape index (κ2) is 8.21. The highest BCUT2D eigenvalue weighted by molar-refractivity contribution is 5.96. The number of hydrogen-bond donors (Lipinski definition) is 0. The predicted octanol–water partition coefficient (Wildman–Crippen LogP) is 3.04. The van der Waals surface area contributed by atoms with Crippen LogP contribution in [-0.4, -0.2) is 74.1 Å². The standard InChI is InChI=1S/C27H28FN3O5/c1-35-25(34)30-14-12-29(13-15-30)18-6-7-21(22(28)16-18)26(8-9-26)24(33)31-11-10-27(17-31)20-5-3-2-4-19(20)23(32)36-27/h2-7,16H,8-15,17H2,1H3/t27-/m0/s1. The lowest BCUT2D eigenvalue weighted by Crippen LogP contribution is -2.48. The van der Waals surface area contributed by atoms with Crippen molar-refractivity contribution >= 4 is 23.7 Å². The van der Waals surface area contributed by atoms with Crippen molar-refractivity contribution in [2.75, 3.05) is 51.3 Å². The van der Waals surface area contributed by atoms with Crippen LogP contribution in [0.2, 0.25) is 0 Å². The van der Waals surface area contributed by atoms with Crippen LogP contribution in [0.5, 0.6) is 0 Å². The lowest BCUT2D eigenvalue weighted by Gasteiger charge is -2.35. The maximum Gasteiger partial charge on any atom is 0.409 e. The number of benzene rings is 2. The fourth-order valence-electron chi connectivity index (χ4n) is 6.00. The highest BCUT2D eigenvalue weighted by Crippen LogP contribution is 2.53. The van der Waals surface area contributed by atoms with Crippen molar-refractivity contribution in [2.24, 2.45) is 0 Å². The van der Waals surface area contributed by atoms with Crippen LogP contribution >= 0.6 is 0 Å². The zero-order valence-electron chi connectivity index (χ0n) is 20.2. The molecule has 1 aliphatic carbocycles. The maximum atomic E-state index is 15.4. The molecule has 9 heteroatoms. The number of esters is 1. The van der Waals surface area contributed by atoms with Crippen molar-refractivity contribution < 1.29 is 28.2 Å². The number of halogens is 1. The molecule has 2 aromatic rings. The largest absolute Gasteiger partial charge is 0.453 e. The van der Waals surface area contributed by atoms with E-state index in [1.165, 1.54) is 13.2 Å². The number of rotatable bonds is 3. The highest BCUT2D eigenvalue weighted by atomic mass is 19.1.